The molecule has 3 heteroatoms. The summed E-state index contributed by atoms with van der Waals surface area (Å²) in [5.74, 6) is 0.644. The third-order valence-electron chi connectivity index (χ3n) is 1.37. The lowest BCUT2D eigenvalue weighted by molar-refractivity contribution is 1.23. The minimum absolute atomic E-state index is 0.644. The Hall–Kier alpha value is -1.02. The van der Waals surface area contributed by atoms with Crippen molar-refractivity contribution in [2.24, 2.45) is 0 Å². The third kappa shape index (κ3) is 2.93. The largest absolute Gasteiger partial charge is 0.397 e. The molecule has 1 aromatic heterocycles. The van der Waals surface area contributed by atoms with Crippen LogP contribution in [0.5, 0.6) is 0 Å². The fraction of sp³-hybridized carbons (Fsp3) is 0.222. The summed E-state index contributed by atoms with van der Waals surface area (Å²) in [4.78, 5) is 4.10. The van der Waals surface area contributed by atoms with E-state index in [1.54, 1.807) is 6.20 Å². The van der Waals surface area contributed by atoms with E-state index < -0.39 is 0 Å². The van der Waals surface area contributed by atoms with E-state index in [1.165, 1.54) is 0 Å². The molecule has 0 bridgehead atoms. The van der Waals surface area contributed by atoms with Crippen molar-refractivity contribution >= 4 is 23.4 Å². The summed E-state index contributed by atoms with van der Waals surface area (Å²) in [5.41, 5.74) is 7.07. The molecule has 2 nitrogen and oxygen atoms in total. The second kappa shape index (κ2) is 4.78. The molecule has 1 heterocycles. The SMILES string of the molecule is Nc1ccc(C=CCCCl)nc1. The molecule has 0 atom stereocenters. The number of alkyl halides is 1. The Bertz CT molecular complexity index is 254. The second-order valence-corrected chi connectivity index (χ2v) is 2.77. The zero-order chi connectivity index (χ0) is 8.81. The number of pyridine rings is 1. The fourth-order valence-corrected chi connectivity index (χ4v) is 0.908. The number of nitrogen functional groups attached to an aromatic ring is 1. The Morgan fingerprint density at radius 2 is 2.33 bits per heavy atom. The number of aromatic nitrogens is 1. The number of nitrogens with zero attached hydrogens (tertiary/aromatic N) is 1. The molecular weight excluding hydrogens is 172 g/mol. The van der Waals surface area contributed by atoms with Crippen LogP contribution in [-0.4, -0.2) is 10.9 Å². The molecule has 0 amide bonds. The predicted molar refractivity (Wildman–Crippen MR) is 53.0 cm³/mol. The van der Waals surface area contributed by atoms with Crippen molar-refractivity contribution in [3.8, 4) is 0 Å². The molecule has 0 aliphatic carbocycles. The lowest BCUT2D eigenvalue weighted by Gasteiger charge is -1.92. The van der Waals surface area contributed by atoms with Gasteiger partial charge in [-0.3, -0.25) is 4.98 Å². The maximum atomic E-state index is 5.50. The molecule has 0 aromatic carbocycles. The third-order valence-corrected chi connectivity index (χ3v) is 1.59. The Morgan fingerprint density at radius 1 is 1.50 bits per heavy atom. The van der Waals surface area contributed by atoms with Gasteiger partial charge < -0.3 is 5.73 Å². The van der Waals surface area contributed by atoms with Gasteiger partial charge >= 0.3 is 0 Å². The van der Waals surface area contributed by atoms with Crippen LogP contribution in [0.3, 0.4) is 0 Å². The quantitative estimate of drug-likeness (QED) is 0.729. The van der Waals surface area contributed by atoms with Gasteiger partial charge in [-0.25, -0.2) is 0 Å². The van der Waals surface area contributed by atoms with Crippen LogP contribution in [-0.2, 0) is 0 Å². The topological polar surface area (TPSA) is 38.9 Å². The molecule has 0 saturated heterocycles. The lowest BCUT2D eigenvalue weighted by Crippen LogP contribution is -1.86. The first-order valence-electron chi connectivity index (χ1n) is 3.77. The predicted octanol–water partition coefficient (Wildman–Crippen LogP) is 2.31. The fourth-order valence-electron chi connectivity index (χ4n) is 0.782. The summed E-state index contributed by atoms with van der Waals surface area (Å²) >= 11 is 5.50. The normalized spacial score (nSPS) is 10.8. The van der Waals surface area contributed by atoms with Crippen molar-refractivity contribution in [2.75, 3.05) is 11.6 Å². The number of hydrogen-bond acceptors (Lipinski definition) is 2. The minimum Gasteiger partial charge on any atom is -0.397 e. The van der Waals surface area contributed by atoms with Gasteiger partial charge in [0.15, 0.2) is 0 Å². The van der Waals surface area contributed by atoms with Gasteiger partial charge in [0.05, 0.1) is 17.6 Å². The van der Waals surface area contributed by atoms with Crippen molar-refractivity contribution in [1.82, 2.24) is 4.98 Å². The molecule has 64 valence electrons. The highest BCUT2D eigenvalue weighted by atomic mass is 35.5. The lowest BCUT2D eigenvalue weighted by atomic mass is 10.3. The highest BCUT2D eigenvalue weighted by molar-refractivity contribution is 6.17. The highest BCUT2D eigenvalue weighted by Gasteiger charge is 1.86. The van der Waals surface area contributed by atoms with Gasteiger partial charge in [0.1, 0.15) is 0 Å². The summed E-state index contributed by atoms with van der Waals surface area (Å²) in [5, 5.41) is 0. The molecule has 0 radical (unpaired) electrons. The average molecular weight is 183 g/mol. The van der Waals surface area contributed by atoms with E-state index in [-0.39, 0.29) is 0 Å². The van der Waals surface area contributed by atoms with Gasteiger partial charge in [0, 0.05) is 5.88 Å². The number of anilines is 1. The standard InChI is InChI=1S/C9H11ClN2/c10-6-2-1-3-9-5-4-8(11)7-12-9/h1,3-5,7H,2,6,11H2. The van der Waals surface area contributed by atoms with Crippen molar-refractivity contribution < 1.29 is 0 Å². The van der Waals surface area contributed by atoms with Crippen molar-refractivity contribution in [2.45, 2.75) is 6.42 Å². The van der Waals surface area contributed by atoms with Crippen molar-refractivity contribution in [3.05, 3.63) is 30.1 Å². The summed E-state index contributed by atoms with van der Waals surface area (Å²) in [6.45, 7) is 0. The Labute approximate surface area is 77.1 Å². The zero-order valence-electron chi connectivity index (χ0n) is 6.70. The summed E-state index contributed by atoms with van der Waals surface area (Å²) in [7, 11) is 0. The molecule has 0 unspecified atom stereocenters. The average Bonchev–Trinajstić information content (AvgIpc) is 2.09. The molecule has 12 heavy (non-hydrogen) atoms. The van der Waals surface area contributed by atoms with Gasteiger partial charge in [-0.05, 0) is 24.6 Å². The van der Waals surface area contributed by atoms with E-state index in [1.807, 2.05) is 24.3 Å². The van der Waals surface area contributed by atoms with Crippen LogP contribution >= 0.6 is 11.6 Å². The molecule has 1 aromatic rings. The molecule has 0 spiro atoms. The van der Waals surface area contributed by atoms with Crippen LogP contribution in [0, 0.1) is 0 Å². The zero-order valence-corrected chi connectivity index (χ0v) is 7.46. The number of nitrogens with two attached hydrogens (primary N) is 1. The van der Waals surface area contributed by atoms with Crippen LogP contribution in [0.1, 0.15) is 12.1 Å². The maximum Gasteiger partial charge on any atom is 0.0628 e. The molecule has 0 aliphatic heterocycles. The first kappa shape index (κ1) is 9.07. The van der Waals surface area contributed by atoms with Gasteiger partial charge in [0.2, 0.25) is 0 Å². The summed E-state index contributed by atoms with van der Waals surface area (Å²) in [6, 6.07) is 3.70. The smallest absolute Gasteiger partial charge is 0.0628 e. The molecule has 0 aliphatic rings. The Kier molecular flexibility index (Phi) is 3.61. The minimum atomic E-state index is 0.644. The maximum absolute atomic E-state index is 5.50. The van der Waals surface area contributed by atoms with E-state index in [0.29, 0.717) is 11.6 Å². The second-order valence-electron chi connectivity index (χ2n) is 2.40. The van der Waals surface area contributed by atoms with Crippen LogP contribution < -0.4 is 5.73 Å². The molecule has 0 saturated carbocycles. The molecule has 1 rings (SSSR count). The Morgan fingerprint density at radius 3 is 2.92 bits per heavy atom. The van der Waals surface area contributed by atoms with E-state index in [4.69, 9.17) is 17.3 Å². The number of rotatable bonds is 3. The number of hydrogen-bond donors (Lipinski definition) is 1. The number of halogens is 1. The van der Waals surface area contributed by atoms with Gasteiger partial charge in [-0.15, -0.1) is 11.6 Å². The van der Waals surface area contributed by atoms with E-state index in [0.717, 1.165) is 12.1 Å². The van der Waals surface area contributed by atoms with Crippen molar-refractivity contribution in [1.29, 1.82) is 0 Å². The highest BCUT2D eigenvalue weighted by Crippen LogP contribution is 2.03. The monoisotopic (exact) mass is 182 g/mol. The summed E-state index contributed by atoms with van der Waals surface area (Å²) in [6.07, 6.45) is 6.43. The van der Waals surface area contributed by atoms with Crippen LogP contribution in [0.25, 0.3) is 6.08 Å². The van der Waals surface area contributed by atoms with Crippen molar-refractivity contribution in [3.63, 3.8) is 0 Å². The first-order chi connectivity index (χ1) is 5.83. The summed E-state index contributed by atoms with van der Waals surface area (Å²) < 4.78 is 0. The van der Waals surface area contributed by atoms with E-state index in [2.05, 4.69) is 4.98 Å². The molecular formula is C9H11ClN2. The van der Waals surface area contributed by atoms with Crippen LogP contribution in [0.2, 0.25) is 0 Å². The Balaban J connectivity index is 2.58. The van der Waals surface area contributed by atoms with Gasteiger partial charge in [-0.2, -0.15) is 0 Å². The van der Waals surface area contributed by atoms with Crippen LogP contribution in [0.15, 0.2) is 24.4 Å². The van der Waals surface area contributed by atoms with Gasteiger partial charge in [-0.1, -0.05) is 6.08 Å². The molecule has 0 fully saturated rings. The first-order valence-corrected chi connectivity index (χ1v) is 4.30. The van der Waals surface area contributed by atoms with E-state index >= 15 is 0 Å². The van der Waals surface area contributed by atoms with Gasteiger partial charge in [0.25, 0.3) is 0 Å². The van der Waals surface area contributed by atoms with Crippen LogP contribution in [0.4, 0.5) is 5.69 Å². The number of allylic oxidation sites excluding steroid dienone is 1. The molecule has 2 N–H and O–H groups in total. The van der Waals surface area contributed by atoms with E-state index in [9.17, 15) is 0 Å².